The van der Waals surface area contributed by atoms with Gasteiger partial charge in [-0.15, -0.1) is 0 Å². The fourth-order valence-corrected chi connectivity index (χ4v) is 9.80. The van der Waals surface area contributed by atoms with E-state index in [0.717, 1.165) is 64.9 Å². The van der Waals surface area contributed by atoms with Crippen molar-refractivity contribution >= 4 is 33.6 Å². The summed E-state index contributed by atoms with van der Waals surface area (Å²) in [5.41, 5.74) is 8.33. The molecule has 0 bridgehead atoms. The monoisotopic (exact) mass is 874 g/mol. The fraction of sp³-hybridized carbons (Fsp3) is 0.308. The summed E-state index contributed by atoms with van der Waals surface area (Å²) < 4.78 is 35.7. The molecule has 0 unspecified atom stereocenters. The number of amides is 2. The maximum absolute atomic E-state index is 15.5. The van der Waals surface area contributed by atoms with E-state index in [4.69, 9.17) is 14.2 Å². The van der Waals surface area contributed by atoms with Gasteiger partial charge in [0.25, 0.3) is 11.5 Å². The van der Waals surface area contributed by atoms with Crippen LogP contribution in [0.5, 0.6) is 11.6 Å². The number of benzene rings is 4. The molecule has 0 spiro atoms. The molecule has 332 valence electrons. The molecule has 12 nitrogen and oxygen atoms in total. The second kappa shape index (κ2) is 17.6. The SMILES string of the molecule is COc1ccc(-n2c(=O)c3cc(-c4cc5c(cc4C(=O)N4Cc6ccccc6C[C@H]4C)CN(C(=O)Cc4ccc(OCCN6CCOCC6)cc4F)CC5)n(C)c3c3ccccc32)cn1. The first-order chi connectivity index (χ1) is 31.6. The predicted octanol–water partition coefficient (Wildman–Crippen LogP) is 7.12. The van der Waals surface area contributed by atoms with Gasteiger partial charge < -0.3 is 28.6 Å². The standard InChI is InChI=1S/C52H51FN6O6/c1-33-24-34-8-4-5-9-37(34)32-58(33)51(61)43-26-38-31-57(49(60)27-36-12-14-40(28-45(36)53)65-23-20-56-18-21-64-22-19-56)17-16-35(38)25-42(43)47-29-44-50(55(47)2)41-10-6-7-11-46(41)59(52(44)62)39-13-15-48(63-3)54-30-39/h4-15,25-26,28-30,33H,16-24,27,31-32H2,1-3H3/t33-/m1/s1. The lowest BCUT2D eigenvalue weighted by atomic mass is 9.89. The highest BCUT2D eigenvalue weighted by molar-refractivity contribution is 6.08. The van der Waals surface area contributed by atoms with Crippen molar-refractivity contribution < 1.29 is 28.2 Å². The molecule has 4 aromatic carbocycles. The first-order valence-corrected chi connectivity index (χ1v) is 22.3. The number of aryl methyl sites for hydroxylation is 1. The number of pyridine rings is 2. The Labute approximate surface area is 376 Å². The van der Waals surface area contributed by atoms with Crippen molar-refractivity contribution in [1.82, 2.24) is 28.8 Å². The minimum atomic E-state index is -0.482. The zero-order chi connectivity index (χ0) is 44.8. The highest BCUT2D eigenvalue weighted by Gasteiger charge is 2.32. The van der Waals surface area contributed by atoms with Crippen LogP contribution in [0.4, 0.5) is 4.39 Å². The van der Waals surface area contributed by atoms with Crippen LogP contribution < -0.4 is 15.0 Å². The Kier molecular flexibility index (Phi) is 11.4. The highest BCUT2D eigenvalue weighted by Crippen LogP contribution is 2.37. The zero-order valence-electron chi connectivity index (χ0n) is 36.9. The molecule has 3 aromatic heterocycles. The van der Waals surface area contributed by atoms with Gasteiger partial charge in [-0.3, -0.25) is 23.9 Å². The number of morpholine rings is 1. The summed E-state index contributed by atoms with van der Waals surface area (Å²) in [6.07, 6.45) is 2.80. The number of hydrogen-bond donors (Lipinski definition) is 0. The molecule has 2 amide bonds. The van der Waals surface area contributed by atoms with E-state index in [-0.39, 0.29) is 36.4 Å². The summed E-state index contributed by atoms with van der Waals surface area (Å²) in [6, 6.07) is 30.2. The van der Waals surface area contributed by atoms with Gasteiger partial charge in [0.05, 0.1) is 55.0 Å². The van der Waals surface area contributed by atoms with E-state index in [0.29, 0.717) is 78.7 Å². The van der Waals surface area contributed by atoms with E-state index < -0.39 is 5.82 Å². The molecular formula is C52H51FN6O6. The van der Waals surface area contributed by atoms with Gasteiger partial charge in [0.15, 0.2) is 0 Å². The lowest BCUT2D eigenvalue weighted by Gasteiger charge is -2.36. The number of aromatic nitrogens is 3. The van der Waals surface area contributed by atoms with Crippen LogP contribution >= 0.6 is 0 Å². The van der Waals surface area contributed by atoms with Crippen molar-refractivity contribution in [2.24, 2.45) is 7.05 Å². The average molecular weight is 875 g/mol. The number of fused-ring (bicyclic) bond motifs is 5. The Bertz CT molecular complexity index is 3030. The van der Waals surface area contributed by atoms with Crippen LogP contribution in [0.25, 0.3) is 38.8 Å². The van der Waals surface area contributed by atoms with Crippen LogP contribution in [0.15, 0.2) is 108 Å². The molecule has 3 aliphatic heterocycles. The van der Waals surface area contributed by atoms with Crippen LogP contribution in [-0.2, 0) is 48.9 Å². The molecule has 3 aliphatic rings. The maximum atomic E-state index is 15.5. The van der Waals surface area contributed by atoms with Gasteiger partial charge >= 0.3 is 0 Å². The fourth-order valence-electron chi connectivity index (χ4n) is 9.80. The van der Waals surface area contributed by atoms with Gasteiger partial charge in [0, 0.05) is 86.7 Å². The van der Waals surface area contributed by atoms with Crippen molar-refractivity contribution in [1.29, 1.82) is 0 Å². The molecule has 0 radical (unpaired) electrons. The molecular weight excluding hydrogens is 824 g/mol. The average Bonchev–Trinajstić information content (AvgIpc) is 3.68. The highest BCUT2D eigenvalue weighted by atomic mass is 19.1. The second-order valence-electron chi connectivity index (χ2n) is 17.3. The summed E-state index contributed by atoms with van der Waals surface area (Å²) in [5, 5.41) is 1.38. The molecule has 0 N–H and O–H groups in total. The van der Waals surface area contributed by atoms with E-state index in [1.54, 1.807) is 41.0 Å². The third-order valence-electron chi connectivity index (χ3n) is 13.4. The molecule has 7 aromatic rings. The number of methoxy groups -OCH3 is 1. The number of rotatable bonds is 10. The number of para-hydroxylation sites is 1. The van der Waals surface area contributed by atoms with Crippen LogP contribution in [0.3, 0.4) is 0 Å². The van der Waals surface area contributed by atoms with Gasteiger partial charge in [0.2, 0.25) is 11.8 Å². The van der Waals surface area contributed by atoms with Crippen molar-refractivity contribution in [2.75, 3.05) is 53.1 Å². The van der Waals surface area contributed by atoms with E-state index in [2.05, 4.69) is 35.0 Å². The number of carbonyl (C=O) groups excluding carboxylic acids is 2. The van der Waals surface area contributed by atoms with Crippen molar-refractivity contribution in [2.45, 2.75) is 45.3 Å². The lowest BCUT2D eigenvalue weighted by molar-refractivity contribution is -0.131. The molecule has 13 heteroatoms. The van der Waals surface area contributed by atoms with Gasteiger partial charge in [-0.1, -0.05) is 48.5 Å². The summed E-state index contributed by atoms with van der Waals surface area (Å²) >= 11 is 0. The van der Waals surface area contributed by atoms with Gasteiger partial charge in [-0.2, -0.15) is 0 Å². The smallest absolute Gasteiger partial charge is 0.265 e. The largest absolute Gasteiger partial charge is 0.492 e. The van der Waals surface area contributed by atoms with E-state index in [9.17, 15) is 9.59 Å². The molecule has 10 rings (SSSR count). The van der Waals surface area contributed by atoms with Gasteiger partial charge in [-0.25, -0.2) is 9.37 Å². The number of ether oxygens (including phenoxy) is 3. The van der Waals surface area contributed by atoms with Crippen molar-refractivity contribution in [3.8, 4) is 28.6 Å². The number of carbonyl (C=O) groups is 2. The van der Waals surface area contributed by atoms with Crippen LogP contribution in [0.2, 0.25) is 0 Å². The topological polar surface area (TPSA) is 111 Å². The number of nitrogens with zero attached hydrogens (tertiary/aromatic N) is 6. The van der Waals surface area contributed by atoms with E-state index in [1.807, 2.05) is 71.1 Å². The van der Waals surface area contributed by atoms with Crippen LogP contribution in [0, 0.1) is 5.82 Å². The summed E-state index contributed by atoms with van der Waals surface area (Å²) in [5.74, 6) is 0.0673. The summed E-state index contributed by atoms with van der Waals surface area (Å²) in [4.78, 5) is 54.1. The lowest BCUT2D eigenvalue weighted by Crippen LogP contribution is -2.43. The predicted molar refractivity (Wildman–Crippen MR) is 247 cm³/mol. The minimum Gasteiger partial charge on any atom is -0.492 e. The molecule has 6 heterocycles. The third kappa shape index (κ3) is 8.03. The summed E-state index contributed by atoms with van der Waals surface area (Å²) in [6.45, 7) is 7.50. The molecule has 1 atom stereocenters. The first kappa shape index (κ1) is 42.1. The van der Waals surface area contributed by atoms with Crippen LogP contribution in [0.1, 0.15) is 45.1 Å². The molecule has 1 fully saturated rings. The Morgan fingerprint density at radius 2 is 1.66 bits per heavy atom. The third-order valence-corrected chi connectivity index (χ3v) is 13.4. The zero-order valence-corrected chi connectivity index (χ0v) is 36.9. The normalized spacial score (nSPS) is 16.4. The van der Waals surface area contributed by atoms with E-state index in [1.165, 1.54) is 11.6 Å². The molecule has 1 saturated heterocycles. The second-order valence-corrected chi connectivity index (χ2v) is 17.3. The number of hydrogen-bond acceptors (Lipinski definition) is 8. The Balaban J connectivity index is 0.993. The van der Waals surface area contributed by atoms with Gasteiger partial charge in [0.1, 0.15) is 18.2 Å². The quantitative estimate of drug-likeness (QED) is 0.143. The summed E-state index contributed by atoms with van der Waals surface area (Å²) in [7, 11) is 3.50. The van der Waals surface area contributed by atoms with Crippen LogP contribution in [-0.4, -0.2) is 99.8 Å². The molecule has 0 saturated carbocycles. The van der Waals surface area contributed by atoms with Crippen molar-refractivity contribution in [3.05, 3.63) is 153 Å². The van der Waals surface area contributed by atoms with Crippen molar-refractivity contribution in [3.63, 3.8) is 0 Å². The van der Waals surface area contributed by atoms with Gasteiger partial charge in [-0.05, 0) is 84.0 Å². The maximum Gasteiger partial charge on any atom is 0.265 e. The molecule has 0 aliphatic carbocycles. The Morgan fingerprint density at radius 1 is 0.862 bits per heavy atom. The molecule has 65 heavy (non-hydrogen) atoms. The van der Waals surface area contributed by atoms with E-state index >= 15 is 9.18 Å². The Morgan fingerprint density at radius 3 is 2.45 bits per heavy atom. The minimum absolute atomic E-state index is 0.0717. The number of halogens is 1. The first-order valence-electron chi connectivity index (χ1n) is 22.3. The Hall–Kier alpha value is -6.83.